The summed E-state index contributed by atoms with van der Waals surface area (Å²) in [5.41, 5.74) is 1.26. The molecule has 1 N–H and O–H groups in total. The fourth-order valence-corrected chi connectivity index (χ4v) is 3.03. The first-order chi connectivity index (χ1) is 12.1. The van der Waals surface area contributed by atoms with Gasteiger partial charge in [0.25, 0.3) is 5.89 Å². The fraction of sp³-hybridized carbons (Fsp3) is 0.556. The van der Waals surface area contributed by atoms with Gasteiger partial charge in [0.05, 0.1) is 5.69 Å². The summed E-state index contributed by atoms with van der Waals surface area (Å²) in [6, 6.07) is 5.40. The zero-order chi connectivity index (χ0) is 17.8. The summed E-state index contributed by atoms with van der Waals surface area (Å²) < 4.78 is 19.9. The minimum absolute atomic E-state index is 0. The highest BCUT2D eigenvalue weighted by Crippen LogP contribution is 2.26. The van der Waals surface area contributed by atoms with Gasteiger partial charge < -0.3 is 19.6 Å². The molecule has 1 aromatic carbocycles. The number of benzene rings is 1. The Morgan fingerprint density at radius 1 is 1.27 bits per heavy atom. The van der Waals surface area contributed by atoms with Crippen LogP contribution in [-0.2, 0) is 6.42 Å². The predicted octanol–water partition coefficient (Wildman–Crippen LogP) is 2.59. The van der Waals surface area contributed by atoms with Crippen LogP contribution < -0.4 is 10.2 Å². The van der Waals surface area contributed by atoms with Crippen LogP contribution in [0.4, 0.5) is 10.1 Å². The Balaban J connectivity index is 0.00000243. The van der Waals surface area contributed by atoms with Crippen LogP contribution in [0.1, 0.15) is 19.7 Å². The number of piperazine rings is 1. The van der Waals surface area contributed by atoms with Crippen LogP contribution in [0.2, 0.25) is 0 Å². The topological polar surface area (TPSA) is 57.4 Å². The van der Waals surface area contributed by atoms with E-state index in [2.05, 4.69) is 32.2 Å². The second kappa shape index (κ2) is 9.30. The second-order valence-corrected chi connectivity index (χ2v) is 6.50. The molecule has 26 heavy (non-hydrogen) atoms. The highest BCUT2D eigenvalue weighted by atomic mass is 35.5. The van der Waals surface area contributed by atoms with Crippen molar-refractivity contribution in [2.75, 3.05) is 44.7 Å². The van der Waals surface area contributed by atoms with E-state index in [9.17, 15) is 4.39 Å². The van der Waals surface area contributed by atoms with Crippen molar-refractivity contribution in [3.05, 3.63) is 29.8 Å². The lowest BCUT2D eigenvalue weighted by Crippen LogP contribution is -2.46. The van der Waals surface area contributed by atoms with Gasteiger partial charge in [0.1, 0.15) is 5.82 Å². The number of anilines is 1. The van der Waals surface area contributed by atoms with Gasteiger partial charge in [0.2, 0.25) is 0 Å². The molecule has 1 saturated heterocycles. The molecule has 1 fully saturated rings. The van der Waals surface area contributed by atoms with Gasteiger partial charge >= 0.3 is 0 Å². The molecular formula is C18H27ClFN5O. The number of nitrogens with one attached hydrogen (secondary N) is 1. The number of rotatable bonds is 6. The van der Waals surface area contributed by atoms with E-state index in [-0.39, 0.29) is 24.3 Å². The third-order valence-electron chi connectivity index (χ3n) is 4.80. The average Bonchev–Trinajstić information content (AvgIpc) is 3.10. The predicted molar refractivity (Wildman–Crippen MR) is 103 cm³/mol. The number of nitrogens with zero attached hydrogens (tertiary/aromatic N) is 4. The molecule has 0 saturated carbocycles. The maximum Gasteiger partial charge on any atom is 0.258 e. The van der Waals surface area contributed by atoms with Crippen LogP contribution in [0.25, 0.3) is 11.5 Å². The largest absolute Gasteiger partial charge is 0.367 e. The highest BCUT2D eigenvalue weighted by Gasteiger charge is 2.20. The third-order valence-corrected chi connectivity index (χ3v) is 4.80. The molecule has 0 aliphatic carbocycles. The summed E-state index contributed by atoms with van der Waals surface area (Å²) >= 11 is 0. The number of aromatic nitrogens is 2. The maximum absolute atomic E-state index is 14.6. The summed E-state index contributed by atoms with van der Waals surface area (Å²) in [6.45, 7) is 8.86. The molecule has 1 atom stereocenters. The molecule has 8 heteroatoms. The van der Waals surface area contributed by atoms with Gasteiger partial charge in [-0.1, -0.05) is 12.1 Å². The first kappa shape index (κ1) is 20.6. The first-order valence-corrected chi connectivity index (χ1v) is 8.87. The molecule has 1 aromatic heterocycles. The third kappa shape index (κ3) is 4.72. The van der Waals surface area contributed by atoms with Crippen LogP contribution in [0.5, 0.6) is 0 Å². The Hall–Kier alpha value is -1.70. The van der Waals surface area contributed by atoms with Gasteiger partial charge in [-0.25, -0.2) is 4.39 Å². The Labute approximate surface area is 160 Å². The molecule has 3 rings (SSSR count). The monoisotopic (exact) mass is 383 g/mol. The number of halogens is 2. The molecule has 144 valence electrons. The number of likely N-dealkylation sites (N-methyl/N-ethyl adjacent to an activating group) is 2. The number of hydrogen-bond acceptors (Lipinski definition) is 6. The van der Waals surface area contributed by atoms with E-state index in [0.717, 1.165) is 32.7 Å². The zero-order valence-corrected chi connectivity index (χ0v) is 16.4. The van der Waals surface area contributed by atoms with Crippen molar-refractivity contribution in [3.8, 4) is 11.5 Å². The summed E-state index contributed by atoms with van der Waals surface area (Å²) in [4.78, 5) is 8.83. The Bertz CT molecular complexity index is 703. The van der Waals surface area contributed by atoms with E-state index in [1.165, 1.54) is 6.07 Å². The van der Waals surface area contributed by atoms with Gasteiger partial charge in [-0.05, 0) is 38.7 Å². The Morgan fingerprint density at radius 2 is 2.00 bits per heavy atom. The van der Waals surface area contributed by atoms with E-state index in [1.807, 2.05) is 26.1 Å². The van der Waals surface area contributed by atoms with Gasteiger partial charge in [-0.2, -0.15) is 4.98 Å². The fourth-order valence-electron chi connectivity index (χ4n) is 3.03. The molecule has 0 bridgehead atoms. The second-order valence-electron chi connectivity index (χ2n) is 6.50. The lowest BCUT2D eigenvalue weighted by Gasteiger charge is -2.35. The van der Waals surface area contributed by atoms with Crippen molar-refractivity contribution in [1.82, 2.24) is 20.4 Å². The molecule has 1 aliphatic rings. The van der Waals surface area contributed by atoms with Gasteiger partial charge in [-0.15, -0.1) is 12.4 Å². The molecule has 2 heterocycles. The van der Waals surface area contributed by atoms with Crippen molar-refractivity contribution >= 4 is 18.1 Å². The lowest BCUT2D eigenvalue weighted by atomic mass is 10.1. The van der Waals surface area contributed by atoms with Crippen LogP contribution in [0.3, 0.4) is 0 Å². The summed E-state index contributed by atoms with van der Waals surface area (Å²) in [7, 11) is 1.89. The molecule has 0 spiro atoms. The SMILES string of the molecule is CCN1CCN(c2ccc(-c3nc(CC(C)NC)no3)cc2F)CC1.Cl. The quantitative estimate of drug-likeness (QED) is 0.827. The van der Waals surface area contributed by atoms with Crippen LogP contribution in [0.15, 0.2) is 22.7 Å². The zero-order valence-electron chi connectivity index (χ0n) is 15.5. The summed E-state index contributed by atoms with van der Waals surface area (Å²) in [5, 5.41) is 7.11. The van der Waals surface area contributed by atoms with Crippen molar-refractivity contribution < 1.29 is 8.91 Å². The van der Waals surface area contributed by atoms with Crippen LogP contribution in [-0.4, -0.2) is 60.9 Å². The standard InChI is InChI=1S/C18H26FN5O.ClH/c1-4-23-7-9-24(10-8-23)16-6-5-14(12-15(16)19)18-21-17(22-25-18)11-13(2)20-3;/h5-6,12-13,20H,4,7-11H2,1-3H3;1H. The van der Waals surface area contributed by atoms with Crippen molar-refractivity contribution in [3.63, 3.8) is 0 Å². The number of hydrogen-bond donors (Lipinski definition) is 1. The Kier molecular flexibility index (Phi) is 7.37. The van der Waals surface area contributed by atoms with E-state index >= 15 is 0 Å². The highest BCUT2D eigenvalue weighted by molar-refractivity contribution is 5.85. The molecule has 0 radical (unpaired) electrons. The van der Waals surface area contributed by atoms with E-state index in [0.29, 0.717) is 29.4 Å². The molecule has 0 amide bonds. The minimum atomic E-state index is -0.245. The van der Waals surface area contributed by atoms with E-state index in [4.69, 9.17) is 4.52 Å². The van der Waals surface area contributed by atoms with E-state index in [1.54, 1.807) is 0 Å². The normalized spacial score (nSPS) is 16.4. The van der Waals surface area contributed by atoms with Crippen molar-refractivity contribution in [1.29, 1.82) is 0 Å². The maximum atomic E-state index is 14.6. The van der Waals surface area contributed by atoms with Crippen LogP contribution >= 0.6 is 12.4 Å². The van der Waals surface area contributed by atoms with Gasteiger partial charge in [0, 0.05) is 44.2 Å². The Morgan fingerprint density at radius 3 is 2.62 bits per heavy atom. The summed E-state index contributed by atoms with van der Waals surface area (Å²) in [5.74, 6) is 0.738. The van der Waals surface area contributed by atoms with Gasteiger partial charge in [0.15, 0.2) is 5.82 Å². The minimum Gasteiger partial charge on any atom is -0.367 e. The lowest BCUT2D eigenvalue weighted by molar-refractivity contribution is 0.270. The van der Waals surface area contributed by atoms with E-state index < -0.39 is 0 Å². The molecule has 2 aromatic rings. The first-order valence-electron chi connectivity index (χ1n) is 8.87. The molecule has 1 aliphatic heterocycles. The molecule has 1 unspecified atom stereocenters. The van der Waals surface area contributed by atoms with Gasteiger partial charge in [-0.3, -0.25) is 0 Å². The van der Waals surface area contributed by atoms with Crippen LogP contribution in [0, 0.1) is 5.82 Å². The van der Waals surface area contributed by atoms with Crippen molar-refractivity contribution in [2.45, 2.75) is 26.3 Å². The molecule has 6 nitrogen and oxygen atoms in total. The van der Waals surface area contributed by atoms with Crippen molar-refractivity contribution in [2.24, 2.45) is 0 Å². The smallest absolute Gasteiger partial charge is 0.258 e. The summed E-state index contributed by atoms with van der Waals surface area (Å²) in [6.07, 6.45) is 0.669. The molecular weight excluding hydrogens is 357 g/mol. The average molecular weight is 384 g/mol.